The number of piperidine rings is 1. The summed E-state index contributed by atoms with van der Waals surface area (Å²) in [6.07, 6.45) is 2.21. The van der Waals surface area contributed by atoms with Gasteiger partial charge in [-0.25, -0.2) is 9.37 Å². The van der Waals surface area contributed by atoms with Crippen molar-refractivity contribution in [1.82, 2.24) is 14.5 Å². The molecule has 9 heteroatoms. The molecule has 2 aliphatic heterocycles. The van der Waals surface area contributed by atoms with E-state index in [1.165, 1.54) is 4.90 Å². The predicted molar refractivity (Wildman–Crippen MR) is 121 cm³/mol. The Balaban J connectivity index is 1.61. The van der Waals surface area contributed by atoms with Gasteiger partial charge in [0, 0.05) is 13.1 Å². The van der Waals surface area contributed by atoms with Crippen molar-refractivity contribution in [2.75, 3.05) is 31.1 Å². The molecule has 0 radical (unpaired) electrons. The van der Waals surface area contributed by atoms with E-state index in [2.05, 4.69) is 11.0 Å². The lowest BCUT2D eigenvalue weighted by Crippen LogP contribution is -2.51. The summed E-state index contributed by atoms with van der Waals surface area (Å²) >= 11 is 1.11. The molecular formula is C23H22FN5O2S. The number of carbonyl (C=O) groups excluding carboxylic acids is 1. The van der Waals surface area contributed by atoms with E-state index in [9.17, 15) is 19.2 Å². The Hall–Kier alpha value is -3.25. The van der Waals surface area contributed by atoms with E-state index in [0.29, 0.717) is 26.6 Å². The zero-order valence-electron chi connectivity index (χ0n) is 17.5. The summed E-state index contributed by atoms with van der Waals surface area (Å²) in [5, 5.41) is 9.49. The number of carbonyl (C=O) groups is 1. The number of thiophene rings is 1. The summed E-state index contributed by atoms with van der Waals surface area (Å²) in [6.45, 7) is 2.02. The van der Waals surface area contributed by atoms with Gasteiger partial charge in [0.2, 0.25) is 5.95 Å². The number of anilines is 1. The molecule has 0 saturated carbocycles. The standard InChI is InChI=1S/C23H22FN5O2S/c24-17-13-28(14-17)21(30)19-10-18-20(32-19)22(31)29(12-16-7-3-2-6-15(16)11-25)23(26-18)27-8-4-1-5-9-27/h2-3,6-7,10,17H,1,4-5,8-9,12-14H2. The van der Waals surface area contributed by atoms with Gasteiger partial charge in [-0.2, -0.15) is 5.26 Å². The third-order valence-corrected chi connectivity index (χ3v) is 7.15. The van der Waals surface area contributed by atoms with Crippen molar-refractivity contribution in [3.63, 3.8) is 0 Å². The first kappa shape index (κ1) is 20.6. The van der Waals surface area contributed by atoms with Crippen molar-refractivity contribution in [3.05, 3.63) is 56.7 Å². The van der Waals surface area contributed by atoms with E-state index < -0.39 is 6.17 Å². The predicted octanol–water partition coefficient (Wildman–Crippen LogP) is 3.16. The SMILES string of the molecule is N#Cc1ccccc1Cn1c(N2CCCCC2)nc2cc(C(=O)N3CC(F)C3)sc2c1=O. The number of hydrogen-bond donors (Lipinski definition) is 0. The minimum absolute atomic E-state index is 0.0920. The van der Waals surface area contributed by atoms with Gasteiger partial charge in [0.15, 0.2) is 0 Å². The van der Waals surface area contributed by atoms with Gasteiger partial charge in [0.25, 0.3) is 11.5 Å². The van der Waals surface area contributed by atoms with Crippen LogP contribution >= 0.6 is 11.3 Å². The number of alkyl halides is 1. The van der Waals surface area contributed by atoms with Crippen molar-refractivity contribution in [2.45, 2.75) is 32.0 Å². The van der Waals surface area contributed by atoms with Crippen molar-refractivity contribution in [2.24, 2.45) is 0 Å². The number of fused-ring (bicyclic) bond motifs is 1. The average molecular weight is 452 g/mol. The van der Waals surface area contributed by atoms with E-state index in [-0.39, 0.29) is 31.1 Å². The fraction of sp³-hybridized carbons (Fsp3) is 0.391. The minimum Gasteiger partial charge on any atom is -0.342 e. The van der Waals surface area contributed by atoms with Gasteiger partial charge >= 0.3 is 0 Å². The number of nitrogens with zero attached hydrogens (tertiary/aromatic N) is 5. The van der Waals surface area contributed by atoms with Gasteiger partial charge in [-0.15, -0.1) is 11.3 Å². The zero-order chi connectivity index (χ0) is 22.2. The second kappa shape index (κ2) is 8.36. The summed E-state index contributed by atoms with van der Waals surface area (Å²) in [6, 6.07) is 11.1. The highest BCUT2D eigenvalue weighted by Gasteiger charge is 2.32. The highest BCUT2D eigenvalue weighted by Crippen LogP contribution is 2.28. The second-order valence-corrected chi connectivity index (χ2v) is 9.30. The minimum atomic E-state index is -0.977. The van der Waals surface area contributed by atoms with Crippen molar-refractivity contribution in [3.8, 4) is 6.07 Å². The van der Waals surface area contributed by atoms with E-state index in [4.69, 9.17) is 4.98 Å². The first-order valence-corrected chi connectivity index (χ1v) is 11.6. The molecule has 2 fully saturated rings. The molecule has 0 aliphatic carbocycles. The van der Waals surface area contributed by atoms with E-state index in [0.717, 1.165) is 49.3 Å². The lowest BCUT2D eigenvalue weighted by molar-refractivity contribution is 0.0405. The summed E-state index contributed by atoms with van der Waals surface area (Å²) in [5.74, 6) is 0.307. The Morgan fingerprint density at radius 1 is 1.22 bits per heavy atom. The number of halogens is 1. The van der Waals surface area contributed by atoms with Gasteiger partial charge < -0.3 is 9.80 Å². The molecule has 5 rings (SSSR count). The molecule has 164 valence electrons. The molecule has 2 aromatic heterocycles. The Kier molecular flexibility index (Phi) is 5.39. The van der Waals surface area contributed by atoms with Gasteiger partial charge in [0.05, 0.1) is 41.7 Å². The van der Waals surface area contributed by atoms with Gasteiger partial charge in [-0.3, -0.25) is 14.2 Å². The smallest absolute Gasteiger partial charge is 0.273 e. The summed E-state index contributed by atoms with van der Waals surface area (Å²) in [5.41, 5.74) is 1.54. The Labute approximate surface area is 188 Å². The fourth-order valence-corrected chi connectivity index (χ4v) is 5.28. The maximum atomic E-state index is 13.6. The molecule has 0 bridgehead atoms. The average Bonchev–Trinajstić information content (AvgIpc) is 3.24. The first-order valence-electron chi connectivity index (χ1n) is 10.8. The van der Waals surface area contributed by atoms with Crippen LogP contribution in [0.3, 0.4) is 0 Å². The highest BCUT2D eigenvalue weighted by molar-refractivity contribution is 7.20. The van der Waals surface area contributed by atoms with Crippen LogP contribution in [0.15, 0.2) is 35.1 Å². The van der Waals surface area contributed by atoms with Crippen LogP contribution < -0.4 is 10.5 Å². The van der Waals surface area contributed by atoms with Crippen LogP contribution in [-0.2, 0) is 6.54 Å². The topological polar surface area (TPSA) is 82.2 Å². The first-order chi connectivity index (χ1) is 15.5. The summed E-state index contributed by atoms with van der Waals surface area (Å²) < 4.78 is 15.2. The lowest BCUT2D eigenvalue weighted by Gasteiger charge is -2.33. The quantitative estimate of drug-likeness (QED) is 0.609. The fourth-order valence-electron chi connectivity index (χ4n) is 4.27. The molecule has 0 spiro atoms. The molecule has 4 heterocycles. The molecule has 1 aromatic carbocycles. The molecule has 0 unspecified atom stereocenters. The van der Waals surface area contributed by atoms with Crippen molar-refractivity contribution < 1.29 is 9.18 Å². The van der Waals surface area contributed by atoms with Crippen LogP contribution in [0, 0.1) is 11.3 Å². The van der Waals surface area contributed by atoms with Crippen LogP contribution in [0.25, 0.3) is 10.2 Å². The lowest BCUT2D eigenvalue weighted by atomic mass is 10.1. The third-order valence-electron chi connectivity index (χ3n) is 6.05. The number of aromatic nitrogens is 2. The van der Waals surface area contributed by atoms with Crippen molar-refractivity contribution in [1.29, 1.82) is 5.26 Å². The monoisotopic (exact) mass is 451 g/mol. The van der Waals surface area contributed by atoms with E-state index in [1.54, 1.807) is 22.8 Å². The van der Waals surface area contributed by atoms with Crippen LogP contribution in [0.1, 0.15) is 40.1 Å². The molecule has 7 nitrogen and oxygen atoms in total. The molecular weight excluding hydrogens is 429 g/mol. The van der Waals surface area contributed by atoms with E-state index >= 15 is 0 Å². The number of hydrogen-bond acceptors (Lipinski definition) is 6. The third kappa shape index (κ3) is 3.65. The molecule has 3 aromatic rings. The normalized spacial score (nSPS) is 16.8. The van der Waals surface area contributed by atoms with Crippen LogP contribution in [0.4, 0.5) is 10.3 Å². The maximum absolute atomic E-state index is 13.6. The number of amides is 1. The Morgan fingerprint density at radius 2 is 1.97 bits per heavy atom. The van der Waals surface area contributed by atoms with Crippen LogP contribution in [0.5, 0.6) is 0 Å². The van der Waals surface area contributed by atoms with Crippen LogP contribution in [0.2, 0.25) is 0 Å². The molecule has 0 N–H and O–H groups in total. The summed E-state index contributed by atoms with van der Waals surface area (Å²) in [4.78, 5) is 35.0. The molecule has 2 aliphatic rings. The molecule has 2 saturated heterocycles. The Morgan fingerprint density at radius 3 is 2.69 bits per heavy atom. The highest BCUT2D eigenvalue weighted by atomic mass is 32.1. The van der Waals surface area contributed by atoms with E-state index in [1.807, 2.05) is 12.1 Å². The summed E-state index contributed by atoms with van der Waals surface area (Å²) in [7, 11) is 0. The second-order valence-electron chi connectivity index (χ2n) is 8.25. The zero-order valence-corrected chi connectivity index (χ0v) is 18.3. The number of nitriles is 1. The molecule has 1 amide bonds. The largest absolute Gasteiger partial charge is 0.342 e. The van der Waals surface area contributed by atoms with Gasteiger partial charge in [0.1, 0.15) is 10.9 Å². The molecule has 0 atom stereocenters. The maximum Gasteiger partial charge on any atom is 0.273 e. The Bertz CT molecular complexity index is 1280. The number of benzene rings is 1. The van der Waals surface area contributed by atoms with Gasteiger partial charge in [-0.05, 0) is 37.0 Å². The van der Waals surface area contributed by atoms with Crippen LogP contribution in [-0.4, -0.2) is 52.7 Å². The number of rotatable bonds is 4. The number of likely N-dealkylation sites (tertiary alicyclic amines) is 1. The van der Waals surface area contributed by atoms with Crippen molar-refractivity contribution >= 4 is 33.4 Å². The van der Waals surface area contributed by atoms with Gasteiger partial charge in [-0.1, -0.05) is 18.2 Å². The molecule has 32 heavy (non-hydrogen) atoms.